The first-order chi connectivity index (χ1) is 17.7. The Hall–Kier alpha value is -2.86. The molecule has 0 saturated carbocycles. The van der Waals surface area contributed by atoms with Crippen LogP contribution in [-0.2, 0) is 30.9 Å². The summed E-state index contributed by atoms with van der Waals surface area (Å²) >= 11 is 18.9. The minimum atomic E-state index is -0.767. The van der Waals surface area contributed by atoms with E-state index in [0.29, 0.717) is 53.8 Å². The standard InChI is InChI=1S/C23H23Cl3FN7O3/c1-29-22(35)20-17(25)14-8-33(4-3-5-34(14)32-20)21-11-9-37-15(7-13(11)30-23(31-21)36-2)10-6-12(28)19(27)18(26)16(10)24/h6,15H,3-5,7-9,28H2,1-2H3,(H,29,35). The molecule has 0 spiro atoms. The van der Waals surface area contributed by atoms with Crippen molar-refractivity contribution in [3.63, 3.8) is 0 Å². The van der Waals surface area contributed by atoms with Crippen molar-refractivity contribution in [2.24, 2.45) is 0 Å². The van der Waals surface area contributed by atoms with Crippen molar-refractivity contribution in [2.45, 2.75) is 38.6 Å². The van der Waals surface area contributed by atoms with Crippen molar-refractivity contribution in [3.8, 4) is 6.01 Å². The van der Waals surface area contributed by atoms with E-state index < -0.39 is 11.9 Å². The molecule has 37 heavy (non-hydrogen) atoms. The summed E-state index contributed by atoms with van der Waals surface area (Å²) in [4.78, 5) is 23.5. The average Bonchev–Trinajstić information content (AvgIpc) is 3.07. The Balaban J connectivity index is 1.51. The molecule has 3 aromatic rings. The van der Waals surface area contributed by atoms with Gasteiger partial charge in [0, 0.05) is 37.7 Å². The number of amides is 1. The molecule has 2 aromatic heterocycles. The van der Waals surface area contributed by atoms with Gasteiger partial charge in [0.2, 0.25) is 0 Å². The number of ether oxygens (including phenoxy) is 2. The Labute approximate surface area is 226 Å². The van der Waals surface area contributed by atoms with Gasteiger partial charge in [-0.25, -0.2) is 4.39 Å². The molecular weight excluding hydrogens is 548 g/mol. The van der Waals surface area contributed by atoms with Gasteiger partial charge in [0.15, 0.2) is 11.5 Å². The monoisotopic (exact) mass is 569 g/mol. The smallest absolute Gasteiger partial charge is 0.318 e. The first-order valence-electron chi connectivity index (χ1n) is 11.4. The average molecular weight is 571 g/mol. The number of fused-ring (bicyclic) bond motifs is 2. The quantitative estimate of drug-likeness (QED) is 0.357. The maximum Gasteiger partial charge on any atom is 0.318 e. The van der Waals surface area contributed by atoms with Crippen LogP contribution in [-0.4, -0.2) is 46.4 Å². The molecule has 3 N–H and O–H groups in total. The van der Waals surface area contributed by atoms with Gasteiger partial charge >= 0.3 is 6.01 Å². The normalized spacial score (nSPS) is 17.1. The van der Waals surface area contributed by atoms with Gasteiger partial charge in [-0.1, -0.05) is 34.8 Å². The predicted octanol–water partition coefficient (Wildman–Crippen LogP) is 3.95. The van der Waals surface area contributed by atoms with Crippen LogP contribution in [0.15, 0.2) is 6.07 Å². The third-order valence-electron chi connectivity index (χ3n) is 6.46. The Morgan fingerprint density at radius 3 is 2.76 bits per heavy atom. The van der Waals surface area contributed by atoms with Crippen LogP contribution in [0.2, 0.25) is 15.1 Å². The Kier molecular flexibility index (Phi) is 7.06. The number of carbonyl (C=O) groups is 1. The van der Waals surface area contributed by atoms with Crippen LogP contribution in [0, 0.1) is 5.82 Å². The number of nitrogens with zero attached hydrogens (tertiary/aromatic N) is 5. The lowest BCUT2D eigenvalue weighted by Gasteiger charge is -2.31. The first kappa shape index (κ1) is 25.8. The molecule has 0 bridgehead atoms. The van der Waals surface area contributed by atoms with Gasteiger partial charge in [-0.3, -0.25) is 9.48 Å². The summed E-state index contributed by atoms with van der Waals surface area (Å²) in [5, 5.41) is 7.07. The van der Waals surface area contributed by atoms with Crippen molar-refractivity contribution in [1.29, 1.82) is 0 Å². The molecule has 0 aliphatic carbocycles. The van der Waals surface area contributed by atoms with Crippen LogP contribution in [0.5, 0.6) is 6.01 Å². The number of aryl methyl sites for hydroxylation is 1. The lowest BCUT2D eigenvalue weighted by Crippen LogP contribution is -2.28. The number of hydrogen-bond acceptors (Lipinski definition) is 8. The fourth-order valence-corrected chi connectivity index (χ4v) is 5.35. The fraction of sp³-hybridized carbons (Fsp3) is 0.391. The van der Waals surface area contributed by atoms with E-state index in [0.717, 1.165) is 12.0 Å². The third kappa shape index (κ3) is 4.54. The van der Waals surface area contributed by atoms with E-state index in [1.165, 1.54) is 20.2 Å². The third-order valence-corrected chi connectivity index (χ3v) is 7.72. The minimum absolute atomic E-state index is 0.0467. The lowest BCUT2D eigenvalue weighted by atomic mass is 9.98. The molecule has 2 aliphatic rings. The van der Waals surface area contributed by atoms with E-state index in [9.17, 15) is 9.18 Å². The summed E-state index contributed by atoms with van der Waals surface area (Å²) in [6, 6.07) is 1.62. The topological polar surface area (TPSA) is 120 Å². The van der Waals surface area contributed by atoms with Crippen LogP contribution in [0.3, 0.4) is 0 Å². The number of benzene rings is 1. The van der Waals surface area contributed by atoms with Gasteiger partial charge in [0.1, 0.15) is 5.82 Å². The molecular formula is C23H23Cl3FN7O3. The zero-order chi connectivity index (χ0) is 26.4. The van der Waals surface area contributed by atoms with E-state index in [4.69, 9.17) is 50.0 Å². The molecule has 5 rings (SSSR count). The second-order valence-corrected chi connectivity index (χ2v) is 9.78. The van der Waals surface area contributed by atoms with Crippen LogP contribution in [0.1, 0.15) is 45.5 Å². The Bertz CT molecular complexity index is 1400. The maximum atomic E-state index is 14.1. The number of nitrogen functional groups attached to an aromatic ring is 1. The molecule has 1 atom stereocenters. The molecule has 0 radical (unpaired) electrons. The van der Waals surface area contributed by atoms with E-state index in [2.05, 4.69) is 20.4 Å². The summed E-state index contributed by atoms with van der Waals surface area (Å²) in [6.07, 6.45) is 0.504. The lowest BCUT2D eigenvalue weighted by molar-refractivity contribution is 0.0258. The molecule has 14 heteroatoms. The highest BCUT2D eigenvalue weighted by Crippen LogP contribution is 2.42. The summed E-state index contributed by atoms with van der Waals surface area (Å²) in [5.74, 6) is -0.482. The molecule has 10 nitrogen and oxygen atoms in total. The predicted molar refractivity (Wildman–Crippen MR) is 137 cm³/mol. The molecule has 2 aliphatic heterocycles. The molecule has 0 fully saturated rings. The van der Waals surface area contributed by atoms with Crippen molar-refractivity contribution in [2.75, 3.05) is 31.3 Å². The van der Waals surface area contributed by atoms with Crippen molar-refractivity contribution < 1.29 is 18.7 Å². The summed E-state index contributed by atoms with van der Waals surface area (Å²) in [6.45, 7) is 1.78. The van der Waals surface area contributed by atoms with Crippen LogP contribution in [0.25, 0.3) is 0 Å². The van der Waals surface area contributed by atoms with E-state index >= 15 is 0 Å². The summed E-state index contributed by atoms with van der Waals surface area (Å²) in [7, 11) is 3.02. The van der Waals surface area contributed by atoms with E-state index in [-0.39, 0.29) is 40.0 Å². The number of halogens is 4. The summed E-state index contributed by atoms with van der Waals surface area (Å²) in [5.41, 5.74) is 8.52. The molecule has 196 valence electrons. The van der Waals surface area contributed by atoms with Gasteiger partial charge in [-0.2, -0.15) is 15.1 Å². The van der Waals surface area contributed by atoms with E-state index in [1.807, 2.05) is 4.90 Å². The molecule has 4 heterocycles. The molecule has 1 amide bonds. The summed E-state index contributed by atoms with van der Waals surface area (Å²) < 4.78 is 27.4. The van der Waals surface area contributed by atoms with Crippen molar-refractivity contribution in [3.05, 3.63) is 55.2 Å². The van der Waals surface area contributed by atoms with Gasteiger partial charge in [0.05, 0.1) is 58.5 Å². The van der Waals surface area contributed by atoms with Crippen LogP contribution in [0.4, 0.5) is 15.9 Å². The van der Waals surface area contributed by atoms with Gasteiger partial charge in [0.25, 0.3) is 5.91 Å². The second kappa shape index (κ2) is 10.1. The number of rotatable bonds is 4. The van der Waals surface area contributed by atoms with Gasteiger partial charge in [-0.05, 0) is 12.5 Å². The first-order valence-corrected chi connectivity index (χ1v) is 12.6. The zero-order valence-electron chi connectivity index (χ0n) is 19.9. The minimum Gasteiger partial charge on any atom is -0.467 e. The van der Waals surface area contributed by atoms with Crippen molar-refractivity contribution in [1.82, 2.24) is 25.1 Å². The number of nitrogens with one attached hydrogen (secondary N) is 1. The number of methoxy groups -OCH3 is 1. The van der Waals surface area contributed by atoms with Crippen LogP contribution < -0.4 is 20.7 Å². The van der Waals surface area contributed by atoms with Crippen molar-refractivity contribution >= 4 is 52.2 Å². The zero-order valence-corrected chi connectivity index (χ0v) is 22.2. The number of anilines is 2. The Morgan fingerprint density at radius 1 is 1.24 bits per heavy atom. The molecule has 1 aromatic carbocycles. The maximum absolute atomic E-state index is 14.1. The fourth-order valence-electron chi connectivity index (χ4n) is 4.59. The largest absolute Gasteiger partial charge is 0.467 e. The molecule has 1 unspecified atom stereocenters. The number of hydrogen-bond donors (Lipinski definition) is 2. The Morgan fingerprint density at radius 2 is 2.03 bits per heavy atom. The SMILES string of the molecule is CNC(=O)c1nn2c(c1Cl)CN(c1nc(OC)nc3c1COC(c1cc(N)c(F)c(Cl)c1Cl)C3)CCC2. The van der Waals surface area contributed by atoms with E-state index in [1.54, 1.807) is 4.68 Å². The highest BCUT2D eigenvalue weighted by molar-refractivity contribution is 6.42. The van der Waals surface area contributed by atoms with Gasteiger partial charge in [-0.15, -0.1) is 0 Å². The van der Waals surface area contributed by atoms with Crippen LogP contribution >= 0.6 is 34.8 Å². The molecule has 0 saturated heterocycles. The highest BCUT2D eigenvalue weighted by Gasteiger charge is 2.32. The number of carbonyl (C=O) groups excluding carboxylic acids is 1. The van der Waals surface area contributed by atoms with Gasteiger partial charge < -0.3 is 25.4 Å². The number of nitrogens with two attached hydrogens (primary N) is 1. The number of aromatic nitrogens is 4. The highest BCUT2D eigenvalue weighted by atomic mass is 35.5. The second-order valence-electron chi connectivity index (χ2n) is 8.65.